The zero-order chi connectivity index (χ0) is 16.4. The van der Waals surface area contributed by atoms with Gasteiger partial charge in [-0.15, -0.1) is 0 Å². The maximum atomic E-state index is 6.21. The van der Waals surface area contributed by atoms with E-state index in [0.29, 0.717) is 10.7 Å². The Bertz CT molecular complexity index is 679. The molecule has 122 valence electrons. The van der Waals surface area contributed by atoms with Gasteiger partial charge in [-0.2, -0.15) is 0 Å². The molecule has 5 nitrogen and oxygen atoms in total. The van der Waals surface area contributed by atoms with Gasteiger partial charge in [0.2, 0.25) is 0 Å². The Kier molecular flexibility index (Phi) is 4.66. The number of benzene rings is 1. The Balaban J connectivity index is 1.69. The highest BCUT2D eigenvalue weighted by molar-refractivity contribution is 7.99. The molecule has 1 saturated heterocycles. The van der Waals surface area contributed by atoms with E-state index in [1.807, 2.05) is 18.3 Å². The molecule has 0 aliphatic carbocycles. The van der Waals surface area contributed by atoms with Crippen LogP contribution in [0.15, 0.2) is 40.5 Å². The standard InChI is InChI=1S/C16H20ClN5S/c1-16(19)5-7-22(8-6-16)13-9-21-14(10-20-13)23-12-4-2-3-11(18)15(12)17/h2-4,9-10H,5-8,18-19H2,1H3. The largest absolute Gasteiger partial charge is 0.397 e. The summed E-state index contributed by atoms with van der Waals surface area (Å²) in [6, 6.07) is 5.58. The fourth-order valence-corrected chi connectivity index (χ4v) is 3.52. The minimum absolute atomic E-state index is 0.0658. The third-order valence-electron chi connectivity index (χ3n) is 4.05. The number of nitrogen functional groups attached to an aromatic ring is 1. The summed E-state index contributed by atoms with van der Waals surface area (Å²) in [5, 5.41) is 1.35. The van der Waals surface area contributed by atoms with Crippen molar-refractivity contribution in [3.05, 3.63) is 35.6 Å². The Hall–Kier alpha value is -1.50. The van der Waals surface area contributed by atoms with Gasteiger partial charge in [0.05, 0.1) is 23.1 Å². The van der Waals surface area contributed by atoms with Gasteiger partial charge in [0.25, 0.3) is 0 Å². The van der Waals surface area contributed by atoms with Crippen LogP contribution in [0.5, 0.6) is 0 Å². The van der Waals surface area contributed by atoms with E-state index in [-0.39, 0.29) is 5.54 Å². The first kappa shape index (κ1) is 16.4. The molecule has 7 heteroatoms. The van der Waals surface area contributed by atoms with Crippen molar-refractivity contribution in [2.24, 2.45) is 5.73 Å². The van der Waals surface area contributed by atoms with Gasteiger partial charge in [-0.1, -0.05) is 29.4 Å². The van der Waals surface area contributed by atoms with Gasteiger partial charge in [0.1, 0.15) is 10.8 Å². The Labute approximate surface area is 145 Å². The van der Waals surface area contributed by atoms with E-state index in [0.717, 1.165) is 41.7 Å². The number of nitrogens with two attached hydrogens (primary N) is 2. The molecule has 23 heavy (non-hydrogen) atoms. The highest BCUT2D eigenvalue weighted by Gasteiger charge is 2.26. The zero-order valence-corrected chi connectivity index (χ0v) is 14.6. The lowest BCUT2D eigenvalue weighted by atomic mass is 9.91. The van der Waals surface area contributed by atoms with Crippen molar-refractivity contribution in [2.75, 3.05) is 23.7 Å². The molecule has 0 saturated carbocycles. The molecule has 1 aliphatic rings. The third kappa shape index (κ3) is 3.88. The van der Waals surface area contributed by atoms with Crippen LogP contribution in [-0.4, -0.2) is 28.6 Å². The molecule has 0 unspecified atom stereocenters. The molecule has 0 radical (unpaired) electrons. The van der Waals surface area contributed by atoms with Crippen molar-refractivity contribution in [2.45, 2.75) is 35.2 Å². The lowest BCUT2D eigenvalue weighted by Crippen LogP contribution is -2.48. The molecular weight excluding hydrogens is 330 g/mol. The monoisotopic (exact) mass is 349 g/mol. The molecule has 0 spiro atoms. The average molecular weight is 350 g/mol. The summed E-state index contributed by atoms with van der Waals surface area (Å²) in [5.74, 6) is 0.892. The van der Waals surface area contributed by atoms with Gasteiger partial charge in [-0.05, 0) is 31.9 Å². The number of piperidine rings is 1. The topological polar surface area (TPSA) is 81.1 Å². The summed E-state index contributed by atoms with van der Waals surface area (Å²) in [6.07, 6.45) is 5.51. The lowest BCUT2D eigenvalue weighted by molar-refractivity contribution is 0.363. The number of nitrogens with zero attached hydrogens (tertiary/aromatic N) is 3. The van der Waals surface area contributed by atoms with E-state index in [4.69, 9.17) is 23.1 Å². The number of hydrogen-bond acceptors (Lipinski definition) is 6. The fraction of sp³-hybridized carbons (Fsp3) is 0.375. The predicted octanol–water partition coefficient (Wildman–Crippen LogP) is 3.18. The number of hydrogen-bond donors (Lipinski definition) is 2. The first-order chi connectivity index (χ1) is 10.9. The van der Waals surface area contributed by atoms with Gasteiger partial charge in [-0.3, -0.25) is 0 Å². The average Bonchev–Trinajstić information content (AvgIpc) is 2.53. The smallest absolute Gasteiger partial charge is 0.147 e. The molecule has 2 aromatic rings. The van der Waals surface area contributed by atoms with Crippen LogP contribution in [0.1, 0.15) is 19.8 Å². The van der Waals surface area contributed by atoms with Crippen LogP contribution in [-0.2, 0) is 0 Å². The highest BCUT2D eigenvalue weighted by Crippen LogP contribution is 2.35. The van der Waals surface area contributed by atoms with Crippen molar-refractivity contribution >= 4 is 34.9 Å². The van der Waals surface area contributed by atoms with E-state index >= 15 is 0 Å². The molecule has 3 rings (SSSR count). The molecule has 4 N–H and O–H groups in total. The minimum atomic E-state index is -0.0658. The van der Waals surface area contributed by atoms with Crippen LogP contribution in [0.25, 0.3) is 0 Å². The lowest BCUT2D eigenvalue weighted by Gasteiger charge is -2.37. The van der Waals surface area contributed by atoms with Crippen molar-refractivity contribution in [3.8, 4) is 0 Å². The molecule has 2 heterocycles. The molecule has 0 atom stereocenters. The summed E-state index contributed by atoms with van der Waals surface area (Å²) in [5.41, 5.74) is 12.5. The van der Waals surface area contributed by atoms with Gasteiger partial charge >= 0.3 is 0 Å². The number of aromatic nitrogens is 2. The van der Waals surface area contributed by atoms with Crippen LogP contribution < -0.4 is 16.4 Å². The highest BCUT2D eigenvalue weighted by atomic mass is 35.5. The Morgan fingerprint density at radius 3 is 2.61 bits per heavy atom. The molecule has 1 aromatic heterocycles. The van der Waals surface area contributed by atoms with Crippen molar-refractivity contribution in [1.29, 1.82) is 0 Å². The van der Waals surface area contributed by atoms with Crippen LogP contribution in [0, 0.1) is 0 Å². The molecule has 1 fully saturated rings. The van der Waals surface area contributed by atoms with E-state index in [1.165, 1.54) is 11.8 Å². The normalized spacial score (nSPS) is 17.3. The summed E-state index contributed by atoms with van der Waals surface area (Å²) in [6.45, 7) is 3.93. The van der Waals surface area contributed by atoms with Crippen LogP contribution >= 0.6 is 23.4 Å². The van der Waals surface area contributed by atoms with E-state index in [1.54, 1.807) is 12.3 Å². The second-order valence-electron chi connectivity index (χ2n) is 6.12. The number of rotatable bonds is 3. The zero-order valence-electron chi connectivity index (χ0n) is 13.0. The molecule has 1 aromatic carbocycles. The SMILES string of the molecule is CC1(N)CCN(c2cnc(Sc3cccc(N)c3Cl)cn2)CC1. The Morgan fingerprint density at radius 2 is 1.96 bits per heavy atom. The van der Waals surface area contributed by atoms with Crippen LogP contribution in [0.3, 0.4) is 0 Å². The summed E-state index contributed by atoms with van der Waals surface area (Å²) < 4.78 is 0. The van der Waals surface area contributed by atoms with Gasteiger partial charge in [-0.25, -0.2) is 9.97 Å². The first-order valence-corrected chi connectivity index (χ1v) is 8.72. The van der Waals surface area contributed by atoms with E-state index in [2.05, 4.69) is 21.8 Å². The number of halogens is 1. The maximum absolute atomic E-state index is 6.21. The van der Waals surface area contributed by atoms with Crippen molar-refractivity contribution in [1.82, 2.24) is 9.97 Å². The summed E-state index contributed by atoms with van der Waals surface area (Å²) in [7, 11) is 0. The summed E-state index contributed by atoms with van der Waals surface area (Å²) in [4.78, 5) is 12.1. The molecule has 0 bridgehead atoms. The third-order valence-corrected chi connectivity index (χ3v) is 5.57. The minimum Gasteiger partial charge on any atom is -0.397 e. The summed E-state index contributed by atoms with van der Waals surface area (Å²) >= 11 is 7.67. The van der Waals surface area contributed by atoms with E-state index < -0.39 is 0 Å². The quantitative estimate of drug-likeness (QED) is 0.828. The number of anilines is 2. The molecule has 0 amide bonds. The van der Waals surface area contributed by atoms with Crippen LogP contribution in [0.4, 0.5) is 11.5 Å². The van der Waals surface area contributed by atoms with Gasteiger partial charge in [0, 0.05) is 23.5 Å². The first-order valence-electron chi connectivity index (χ1n) is 7.52. The fourth-order valence-electron chi connectivity index (χ4n) is 2.49. The Morgan fingerprint density at radius 1 is 1.22 bits per heavy atom. The molecule has 1 aliphatic heterocycles. The van der Waals surface area contributed by atoms with Gasteiger partial charge < -0.3 is 16.4 Å². The second-order valence-corrected chi connectivity index (χ2v) is 7.56. The van der Waals surface area contributed by atoms with Gasteiger partial charge in [0.15, 0.2) is 0 Å². The van der Waals surface area contributed by atoms with Crippen molar-refractivity contribution < 1.29 is 0 Å². The second kappa shape index (κ2) is 6.55. The van der Waals surface area contributed by atoms with Crippen molar-refractivity contribution in [3.63, 3.8) is 0 Å². The molecular formula is C16H20ClN5S. The maximum Gasteiger partial charge on any atom is 0.147 e. The van der Waals surface area contributed by atoms with Crippen LogP contribution in [0.2, 0.25) is 5.02 Å². The van der Waals surface area contributed by atoms with E-state index in [9.17, 15) is 0 Å². The predicted molar refractivity (Wildman–Crippen MR) is 96.1 cm³/mol.